The van der Waals surface area contributed by atoms with Gasteiger partial charge in [-0.2, -0.15) is 11.8 Å². The predicted octanol–water partition coefficient (Wildman–Crippen LogP) is 2.69. The summed E-state index contributed by atoms with van der Waals surface area (Å²) in [5, 5.41) is 0.574. The van der Waals surface area contributed by atoms with Crippen molar-refractivity contribution in [2.24, 2.45) is 5.73 Å². The first-order valence-corrected chi connectivity index (χ1v) is 8.95. The number of hydrogen-bond acceptors (Lipinski definition) is 3. The van der Waals surface area contributed by atoms with Crippen LogP contribution in [0, 0.1) is 0 Å². The van der Waals surface area contributed by atoms with Crippen molar-refractivity contribution in [3.05, 3.63) is 35.9 Å². The normalized spacial score (nSPS) is 20.9. The van der Waals surface area contributed by atoms with E-state index < -0.39 is 6.04 Å². The fraction of sp³-hybridized carbons (Fsp3) is 0.588. The van der Waals surface area contributed by atoms with Crippen molar-refractivity contribution < 1.29 is 4.79 Å². The molecule has 1 aromatic carbocycles. The Morgan fingerprint density at radius 2 is 2.14 bits per heavy atom. The summed E-state index contributed by atoms with van der Waals surface area (Å²) < 4.78 is 0. The van der Waals surface area contributed by atoms with Gasteiger partial charge in [0.2, 0.25) is 5.91 Å². The highest BCUT2D eigenvalue weighted by molar-refractivity contribution is 7.99. The molecule has 0 spiro atoms. The summed E-state index contributed by atoms with van der Waals surface area (Å²) in [6, 6.07) is 9.62. The molecule has 0 aromatic heterocycles. The molecular weight excluding hydrogens is 280 g/mol. The lowest BCUT2D eigenvalue weighted by atomic mass is 10.1. The van der Waals surface area contributed by atoms with Crippen LogP contribution in [0.15, 0.2) is 30.3 Å². The fourth-order valence-electron chi connectivity index (χ4n) is 2.86. The standard InChI is InChI=1S/C17H26N2OS/c1-2-21-15-10-6-7-11-19(13-15)17(20)16(18)12-14-8-4-3-5-9-14/h3-5,8-9,15-16H,2,6-7,10-13,18H2,1H3/t15?,16-/m0/s1. The van der Waals surface area contributed by atoms with E-state index in [0.717, 1.165) is 30.8 Å². The Balaban J connectivity index is 1.93. The molecule has 0 saturated carbocycles. The van der Waals surface area contributed by atoms with E-state index in [2.05, 4.69) is 6.92 Å². The van der Waals surface area contributed by atoms with Crippen molar-refractivity contribution in [2.75, 3.05) is 18.8 Å². The summed E-state index contributed by atoms with van der Waals surface area (Å²) in [6.45, 7) is 3.91. The molecule has 1 aliphatic heterocycles. The van der Waals surface area contributed by atoms with Crippen LogP contribution in [0.3, 0.4) is 0 Å². The van der Waals surface area contributed by atoms with Gasteiger partial charge < -0.3 is 10.6 Å². The van der Waals surface area contributed by atoms with Gasteiger partial charge in [0.05, 0.1) is 6.04 Å². The van der Waals surface area contributed by atoms with Gasteiger partial charge in [0.15, 0.2) is 0 Å². The Bertz CT molecular complexity index is 438. The second-order valence-electron chi connectivity index (χ2n) is 5.65. The van der Waals surface area contributed by atoms with E-state index in [1.165, 1.54) is 12.8 Å². The van der Waals surface area contributed by atoms with E-state index in [1.807, 2.05) is 47.0 Å². The molecule has 1 aromatic rings. The Hall–Kier alpha value is -1.00. The van der Waals surface area contributed by atoms with Crippen LogP contribution in [0.4, 0.5) is 0 Å². The molecule has 116 valence electrons. The Labute approximate surface area is 132 Å². The van der Waals surface area contributed by atoms with Crippen molar-refractivity contribution in [1.82, 2.24) is 4.90 Å². The van der Waals surface area contributed by atoms with Gasteiger partial charge in [0.1, 0.15) is 0 Å². The van der Waals surface area contributed by atoms with Gasteiger partial charge in [-0.05, 0) is 30.6 Å². The summed E-state index contributed by atoms with van der Waals surface area (Å²) in [6.07, 6.45) is 4.16. The average Bonchev–Trinajstić information content (AvgIpc) is 2.73. The van der Waals surface area contributed by atoms with Gasteiger partial charge in [-0.3, -0.25) is 4.79 Å². The Morgan fingerprint density at radius 1 is 1.38 bits per heavy atom. The van der Waals surface area contributed by atoms with E-state index in [4.69, 9.17) is 5.73 Å². The highest BCUT2D eigenvalue weighted by atomic mass is 32.2. The molecule has 1 saturated heterocycles. The molecular formula is C17H26N2OS. The third kappa shape index (κ3) is 5.04. The zero-order chi connectivity index (χ0) is 15.1. The van der Waals surface area contributed by atoms with Crippen molar-refractivity contribution in [3.8, 4) is 0 Å². The lowest BCUT2D eigenvalue weighted by Gasteiger charge is -2.27. The number of thioether (sulfide) groups is 1. The fourth-order valence-corrected chi connectivity index (χ4v) is 3.95. The van der Waals surface area contributed by atoms with Crippen molar-refractivity contribution >= 4 is 17.7 Å². The van der Waals surface area contributed by atoms with Gasteiger partial charge >= 0.3 is 0 Å². The second kappa shape index (κ2) is 8.44. The molecule has 1 amide bonds. The van der Waals surface area contributed by atoms with Crippen LogP contribution < -0.4 is 5.73 Å². The molecule has 0 aliphatic carbocycles. The smallest absolute Gasteiger partial charge is 0.239 e. The maximum Gasteiger partial charge on any atom is 0.239 e. The first-order valence-electron chi connectivity index (χ1n) is 7.90. The molecule has 0 radical (unpaired) electrons. The van der Waals surface area contributed by atoms with Crippen LogP contribution in [-0.4, -0.2) is 40.9 Å². The third-order valence-electron chi connectivity index (χ3n) is 3.96. The molecule has 1 fully saturated rings. The van der Waals surface area contributed by atoms with Gasteiger partial charge in [-0.25, -0.2) is 0 Å². The summed E-state index contributed by atoms with van der Waals surface area (Å²) in [5.41, 5.74) is 7.28. The minimum atomic E-state index is -0.419. The van der Waals surface area contributed by atoms with Gasteiger partial charge in [-0.15, -0.1) is 0 Å². The van der Waals surface area contributed by atoms with Crippen LogP contribution in [0.2, 0.25) is 0 Å². The molecule has 4 heteroatoms. The summed E-state index contributed by atoms with van der Waals surface area (Å²) in [7, 11) is 0. The van der Waals surface area contributed by atoms with Crippen LogP contribution in [0.25, 0.3) is 0 Å². The molecule has 21 heavy (non-hydrogen) atoms. The summed E-state index contributed by atoms with van der Waals surface area (Å²) in [5.74, 6) is 1.23. The van der Waals surface area contributed by atoms with Crippen molar-refractivity contribution in [1.29, 1.82) is 0 Å². The molecule has 1 aliphatic rings. The molecule has 2 N–H and O–H groups in total. The number of nitrogens with two attached hydrogens (primary N) is 1. The molecule has 2 atom stereocenters. The van der Waals surface area contributed by atoms with Gasteiger partial charge in [-0.1, -0.05) is 43.7 Å². The van der Waals surface area contributed by atoms with E-state index in [9.17, 15) is 4.79 Å². The predicted molar refractivity (Wildman–Crippen MR) is 90.5 cm³/mol. The molecule has 1 heterocycles. The molecule has 3 nitrogen and oxygen atoms in total. The number of rotatable bonds is 5. The largest absolute Gasteiger partial charge is 0.340 e. The highest BCUT2D eigenvalue weighted by Crippen LogP contribution is 2.22. The minimum absolute atomic E-state index is 0.113. The van der Waals surface area contributed by atoms with Crippen LogP contribution >= 0.6 is 11.8 Å². The number of carbonyl (C=O) groups excluding carboxylic acids is 1. The number of nitrogens with zero attached hydrogens (tertiary/aromatic N) is 1. The second-order valence-corrected chi connectivity index (χ2v) is 7.23. The summed E-state index contributed by atoms with van der Waals surface area (Å²) >= 11 is 1.97. The molecule has 2 rings (SSSR count). The number of likely N-dealkylation sites (tertiary alicyclic amines) is 1. The molecule has 0 bridgehead atoms. The van der Waals surface area contributed by atoms with E-state index in [-0.39, 0.29) is 5.91 Å². The molecule has 1 unspecified atom stereocenters. The number of carbonyl (C=O) groups is 1. The van der Waals surface area contributed by atoms with E-state index >= 15 is 0 Å². The first kappa shape index (κ1) is 16.4. The monoisotopic (exact) mass is 306 g/mol. The van der Waals surface area contributed by atoms with Crippen molar-refractivity contribution in [2.45, 2.75) is 43.9 Å². The van der Waals surface area contributed by atoms with E-state index in [1.54, 1.807) is 0 Å². The highest BCUT2D eigenvalue weighted by Gasteiger charge is 2.25. The maximum absolute atomic E-state index is 12.6. The topological polar surface area (TPSA) is 46.3 Å². The SMILES string of the molecule is CCSC1CCCCN(C(=O)[C@@H](N)Cc2ccccc2)C1. The van der Waals surface area contributed by atoms with Gasteiger partial charge in [0.25, 0.3) is 0 Å². The lowest BCUT2D eigenvalue weighted by molar-refractivity contribution is -0.132. The number of benzene rings is 1. The van der Waals surface area contributed by atoms with Crippen LogP contribution in [0.1, 0.15) is 31.7 Å². The van der Waals surface area contributed by atoms with Crippen LogP contribution in [-0.2, 0) is 11.2 Å². The van der Waals surface area contributed by atoms with Gasteiger partial charge in [0, 0.05) is 18.3 Å². The minimum Gasteiger partial charge on any atom is -0.340 e. The van der Waals surface area contributed by atoms with Crippen LogP contribution in [0.5, 0.6) is 0 Å². The Kier molecular flexibility index (Phi) is 6.58. The lowest BCUT2D eigenvalue weighted by Crippen LogP contribution is -2.46. The Morgan fingerprint density at radius 3 is 2.86 bits per heavy atom. The zero-order valence-corrected chi connectivity index (χ0v) is 13.6. The zero-order valence-electron chi connectivity index (χ0n) is 12.8. The third-order valence-corrected chi connectivity index (χ3v) is 5.15. The first-order chi connectivity index (χ1) is 10.2. The number of amides is 1. The summed E-state index contributed by atoms with van der Waals surface area (Å²) in [4.78, 5) is 14.6. The quantitative estimate of drug-likeness (QED) is 0.910. The van der Waals surface area contributed by atoms with E-state index in [0.29, 0.717) is 11.7 Å². The maximum atomic E-state index is 12.6. The van der Waals surface area contributed by atoms with Crippen molar-refractivity contribution in [3.63, 3.8) is 0 Å². The number of hydrogen-bond donors (Lipinski definition) is 1. The average molecular weight is 306 g/mol.